The minimum atomic E-state index is -0.296. The number of hydrogen-bond acceptors (Lipinski definition) is 4. The third kappa shape index (κ3) is 3.99. The molecule has 0 radical (unpaired) electrons. The molecule has 2 rings (SSSR count). The van der Waals surface area contributed by atoms with Crippen molar-refractivity contribution in [3.63, 3.8) is 0 Å². The first-order chi connectivity index (χ1) is 8.79. The smallest absolute Gasteiger partial charge is 0.138 e. The summed E-state index contributed by atoms with van der Waals surface area (Å²) in [5, 5.41) is 15.0. The maximum absolute atomic E-state index is 10.1. The third-order valence-corrected chi connectivity index (χ3v) is 4.90. The lowest BCUT2D eigenvalue weighted by atomic mass is 10.2. The van der Waals surface area contributed by atoms with Crippen LogP contribution in [0.2, 0.25) is 0 Å². The average molecular weight is 269 g/mol. The van der Waals surface area contributed by atoms with Crippen LogP contribution in [-0.4, -0.2) is 37.0 Å². The highest BCUT2D eigenvalue weighted by Gasteiger charge is 2.18. The number of nitrogens with zero attached hydrogens (tertiary/aromatic N) is 3. The Morgan fingerprint density at radius 3 is 3.00 bits per heavy atom. The van der Waals surface area contributed by atoms with Crippen molar-refractivity contribution in [3.8, 4) is 0 Å². The fraction of sp³-hybridized carbons (Fsp3) is 0.846. The van der Waals surface area contributed by atoms with Crippen LogP contribution in [-0.2, 0) is 13.0 Å². The molecule has 0 spiro atoms. The van der Waals surface area contributed by atoms with E-state index in [1.165, 1.54) is 25.7 Å². The molecule has 1 aliphatic rings. The van der Waals surface area contributed by atoms with Crippen LogP contribution in [0.15, 0.2) is 6.33 Å². The van der Waals surface area contributed by atoms with Crippen molar-refractivity contribution in [2.24, 2.45) is 0 Å². The molecule has 0 amide bonds. The van der Waals surface area contributed by atoms with Gasteiger partial charge in [0.1, 0.15) is 12.2 Å². The zero-order chi connectivity index (χ0) is 12.8. The molecule has 1 heterocycles. The lowest BCUT2D eigenvalue weighted by Crippen LogP contribution is -2.19. The van der Waals surface area contributed by atoms with Crippen molar-refractivity contribution >= 4 is 11.8 Å². The number of aliphatic hydroxyl groups excluding tert-OH is 1. The van der Waals surface area contributed by atoms with Gasteiger partial charge in [0.25, 0.3) is 0 Å². The highest BCUT2D eigenvalue weighted by molar-refractivity contribution is 7.99. The van der Waals surface area contributed by atoms with E-state index in [0.29, 0.717) is 6.42 Å². The molecule has 5 heteroatoms. The number of aliphatic hydroxyl groups is 1. The Kier molecular flexibility index (Phi) is 5.50. The zero-order valence-corrected chi connectivity index (χ0v) is 11.9. The Balaban J connectivity index is 1.75. The van der Waals surface area contributed by atoms with Crippen molar-refractivity contribution in [1.29, 1.82) is 0 Å². The summed E-state index contributed by atoms with van der Waals surface area (Å²) in [4.78, 5) is 4.24. The van der Waals surface area contributed by atoms with Gasteiger partial charge in [0, 0.05) is 24.0 Å². The summed E-state index contributed by atoms with van der Waals surface area (Å²) >= 11 is 1.93. The second-order valence-electron chi connectivity index (χ2n) is 5.00. The van der Waals surface area contributed by atoms with Crippen LogP contribution in [0, 0.1) is 0 Å². The van der Waals surface area contributed by atoms with Gasteiger partial charge in [0.2, 0.25) is 0 Å². The minimum absolute atomic E-state index is 0.296. The lowest BCUT2D eigenvalue weighted by molar-refractivity contribution is 0.195. The van der Waals surface area contributed by atoms with E-state index in [2.05, 4.69) is 17.0 Å². The predicted octanol–water partition coefficient (Wildman–Crippen LogP) is 2.27. The van der Waals surface area contributed by atoms with Gasteiger partial charge in [-0.05, 0) is 19.3 Å². The van der Waals surface area contributed by atoms with E-state index >= 15 is 0 Å². The molecule has 1 atom stereocenters. The van der Waals surface area contributed by atoms with Crippen LogP contribution >= 0.6 is 11.8 Å². The number of thioether (sulfide) groups is 1. The second kappa shape index (κ2) is 7.14. The molecule has 1 saturated carbocycles. The average Bonchev–Trinajstić information content (AvgIpc) is 2.99. The van der Waals surface area contributed by atoms with E-state index in [1.807, 2.05) is 16.4 Å². The maximum atomic E-state index is 10.1. The SMILES string of the molecule is CCCn1ncnc1CC(O)CSC1CCCC1. The van der Waals surface area contributed by atoms with Gasteiger partial charge in [-0.25, -0.2) is 4.98 Å². The van der Waals surface area contributed by atoms with Gasteiger partial charge in [-0.3, -0.25) is 4.68 Å². The largest absolute Gasteiger partial charge is 0.392 e. The van der Waals surface area contributed by atoms with Crippen LogP contribution in [0.3, 0.4) is 0 Å². The quantitative estimate of drug-likeness (QED) is 0.825. The number of hydrogen-bond donors (Lipinski definition) is 1. The van der Waals surface area contributed by atoms with Crippen molar-refractivity contribution < 1.29 is 5.11 Å². The van der Waals surface area contributed by atoms with Crippen molar-refractivity contribution in [1.82, 2.24) is 14.8 Å². The molecule has 0 bridgehead atoms. The first-order valence-corrected chi connectivity index (χ1v) is 8.00. The molecule has 1 aromatic heterocycles. The van der Waals surface area contributed by atoms with Gasteiger partial charge in [-0.2, -0.15) is 16.9 Å². The lowest BCUT2D eigenvalue weighted by Gasteiger charge is -2.13. The highest BCUT2D eigenvalue weighted by atomic mass is 32.2. The molecule has 102 valence electrons. The van der Waals surface area contributed by atoms with E-state index in [4.69, 9.17) is 0 Å². The Morgan fingerprint density at radius 2 is 2.28 bits per heavy atom. The van der Waals surface area contributed by atoms with Gasteiger partial charge in [0.15, 0.2) is 0 Å². The number of aromatic nitrogens is 3. The molecule has 0 aromatic carbocycles. The molecule has 0 aliphatic heterocycles. The van der Waals surface area contributed by atoms with Crippen LogP contribution in [0.1, 0.15) is 44.9 Å². The third-order valence-electron chi connectivity index (χ3n) is 3.38. The molecular weight excluding hydrogens is 246 g/mol. The summed E-state index contributed by atoms with van der Waals surface area (Å²) in [5.74, 6) is 1.74. The molecule has 1 aliphatic carbocycles. The second-order valence-corrected chi connectivity index (χ2v) is 6.33. The van der Waals surface area contributed by atoms with Gasteiger partial charge in [-0.1, -0.05) is 19.8 Å². The van der Waals surface area contributed by atoms with Gasteiger partial charge < -0.3 is 5.11 Å². The molecule has 18 heavy (non-hydrogen) atoms. The highest BCUT2D eigenvalue weighted by Crippen LogP contribution is 2.29. The topological polar surface area (TPSA) is 50.9 Å². The fourth-order valence-electron chi connectivity index (χ4n) is 2.42. The monoisotopic (exact) mass is 269 g/mol. The molecular formula is C13H23N3OS. The van der Waals surface area contributed by atoms with Crippen LogP contribution in [0.5, 0.6) is 0 Å². The summed E-state index contributed by atoms with van der Waals surface area (Å²) in [6.07, 6.45) is 8.32. The van der Waals surface area contributed by atoms with E-state index in [1.54, 1.807) is 6.33 Å². The van der Waals surface area contributed by atoms with Gasteiger partial charge >= 0.3 is 0 Å². The van der Waals surface area contributed by atoms with E-state index in [0.717, 1.165) is 29.8 Å². The first kappa shape index (κ1) is 13.9. The summed E-state index contributed by atoms with van der Waals surface area (Å²) in [6.45, 7) is 3.01. The number of rotatable bonds is 7. The van der Waals surface area contributed by atoms with E-state index in [-0.39, 0.29) is 6.10 Å². The molecule has 1 unspecified atom stereocenters. The summed E-state index contributed by atoms with van der Waals surface area (Å²) < 4.78 is 1.91. The zero-order valence-electron chi connectivity index (χ0n) is 11.1. The Hall–Kier alpha value is -0.550. The van der Waals surface area contributed by atoms with Crippen LogP contribution in [0.25, 0.3) is 0 Å². The Morgan fingerprint density at radius 1 is 1.50 bits per heavy atom. The standard InChI is InChI=1S/C13H23N3OS/c1-2-7-16-13(14-10-15-16)8-11(17)9-18-12-5-3-4-6-12/h10-12,17H,2-9H2,1H3. The van der Waals surface area contributed by atoms with E-state index in [9.17, 15) is 5.11 Å². The Labute approximate surface area is 113 Å². The Bertz CT molecular complexity index is 350. The molecule has 4 nitrogen and oxygen atoms in total. The molecule has 1 fully saturated rings. The number of aryl methyl sites for hydroxylation is 1. The van der Waals surface area contributed by atoms with Crippen molar-refractivity contribution in [2.75, 3.05) is 5.75 Å². The molecule has 1 aromatic rings. The minimum Gasteiger partial charge on any atom is -0.392 e. The van der Waals surface area contributed by atoms with Crippen LogP contribution in [0.4, 0.5) is 0 Å². The summed E-state index contributed by atoms with van der Waals surface area (Å²) in [5.41, 5.74) is 0. The predicted molar refractivity (Wildman–Crippen MR) is 74.7 cm³/mol. The van der Waals surface area contributed by atoms with Gasteiger partial charge in [-0.15, -0.1) is 0 Å². The fourth-order valence-corrected chi connectivity index (χ4v) is 3.70. The van der Waals surface area contributed by atoms with Crippen LogP contribution < -0.4 is 0 Å². The maximum Gasteiger partial charge on any atom is 0.138 e. The normalized spacial score (nSPS) is 18.3. The van der Waals surface area contributed by atoms with Crippen molar-refractivity contribution in [2.45, 2.75) is 63.3 Å². The van der Waals surface area contributed by atoms with E-state index < -0.39 is 0 Å². The summed E-state index contributed by atoms with van der Waals surface area (Å²) in [7, 11) is 0. The molecule has 1 N–H and O–H groups in total. The van der Waals surface area contributed by atoms with Crippen molar-refractivity contribution in [3.05, 3.63) is 12.2 Å². The first-order valence-electron chi connectivity index (χ1n) is 6.96. The summed E-state index contributed by atoms with van der Waals surface area (Å²) in [6, 6.07) is 0. The van der Waals surface area contributed by atoms with Gasteiger partial charge in [0.05, 0.1) is 6.10 Å². The molecule has 0 saturated heterocycles.